The number of nitrogens with one attached hydrogen (secondary N) is 1. The highest BCUT2D eigenvalue weighted by Crippen LogP contribution is 2.24. The lowest BCUT2D eigenvalue weighted by atomic mass is 10.1. The lowest BCUT2D eigenvalue weighted by Gasteiger charge is -2.22. The molecule has 1 N–H and O–H groups in total. The van der Waals surface area contributed by atoms with Gasteiger partial charge in [-0.2, -0.15) is 0 Å². The zero-order valence-corrected chi connectivity index (χ0v) is 14.8. The van der Waals surface area contributed by atoms with Crippen molar-refractivity contribution in [1.29, 1.82) is 0 Å². The summed E-state index contributed by atoms with van der Waals surface area (Å²) in [5, 5.41) is 3.84. The average Bonchev–Trinajstić information content (AvgIpc) is 2.90. The van der Waals surface area contributed by atoms with E-state index in [0.29, 0.717) is 16.7 Å². The van der Waals surface area contributed by atoms with E-state index in [1.807, 2.05) is 37.9 Å². The third-order valence-electron chi connectivity index (χ3n) is 3.88. The molecule has 1 aromatic carbocycles. The SMILES string of the molecule is CNCC1CCN(C(=O)C(C)Oc2ccc(Cl)cc2C)C1.Cl. The molecule has 1 amide bonds. The van der Waals surface area contributed by atoms with Gasteiger partial charge in [-0.25, -0.2) is 0 Å². The molecule has 1 fully saturated rings. The fourth-order valence-electron chi connectivity index (χ4n) is 2.73. The molecule has 1 aliphatic rings. The Kier molecular flexibility index (Phi) is 7.46. The number of halogens is 2. The van der Waals surface area contributed by atoms with Crippen LogP contribution in [0.4, 0.5) is 0 Å². The van der Waals surface area contributed by atoms with Crippen molar-refractivity contribution in [2.45, 2.75) is 26.4 Å². The standard InChI is InChI=1S/C16H23ClN2O2.ClH/c1-11-8-14(17)4-5-15(11)21-12(2)16(20)19-7-6-13(10-19)9-18-3;/h4-5,8,12-13,18H,6-7,9-10H2,1-3H3;1H. The maximum absolute atomic E-state index is 12.4. The second-order valence-electron chi connectivity index (χ2n) is 5.67. The van der Waals surface area contributed by atoms with Crippen LogP contribution < -0.4 is 10.1 Å². The van der Waals surface area contributed by atoms with Crippen LogP contribution >= 0.6 is 24.0 Å². The van der Waals surface area contributed by atoms with Crippen LogP contribution in [0, 0.1) is 12.8 Å². The van der Waals surface area contributed by atoms with E-state index in [1.165, 1.54) is 0 Å². The Morgan fingerprint density at radius 2 is 2.27 bits per heavy atom. The summed E-state index contributed by atoms with van der Waals surface area (Å²) in [7, 11) is 1.94. The Labute approximate surface area is 143 Å². The molecule has 2 unspecified atom stereocenters. The first-order valence-corrected chi connectivity index (χ1v) is 7.75. The van der Waals surface area contributed by atoms with Crippen LogP contribution in [-0.4, -0.2) is 43.6 Å². The van der Waals surface area contributed by atoms with Crippen molar-refractivity contribution < 1.29 is 9.53 Å². The summed E-state index contributed by atoms with van der Waals surface area (Å²) in [6.45, 7) is 6.32. The van der Waals surface area contributed by atoms with E-state index in [-0.39, 0.29) is 18.3 Å². The number of carbonyl (C=O) groups excluding carboxylic acids is 1. The van der Waals surface area contributed by atoms with Crippen molar-refractivity contribution in [3.8, 4) is 5.75 Å². The van der Waals surface area contributed by atoms with Gasteiger partial charge in [-0.15, -0.1) is 12.4 Å². The zero-order valence-electron chi connectivity index (χ0n) is 13.3. The first kappa shape index (κ1) is 19.1. The van der Waals surface area contributed by atoms with Gasteiger partial charge in [0.2, 0.25) is 0 Å². The molecule has 6 heteroatoms. The Hall–Kier alpha value is -0.970. The largest absolute Gasteiger partial charge is 0.481 e. The molecule has 0 bridgehead atoms. The van der Waals surface area contributed by atoms with Crippen LogP contribution in [0.2, 0.25) is 5.02 Å². The number of nitrogens with zero attached hydrogens (tertiary/aromatic N) is 1. The van der Waals surface area contributed by atoms with Crippen LogP contribution in [0.25, 0.3) is 0 Å². The summed E-state index contributed by atoms with van der Waals surface area (Å²) in [6, 6.07) is 5.43. The highest BCUT2D eigenvalue weighted by molar-refractivity contribution is 6.30. The summed E-state index contributed by atoms with van der Waals surface area (Å²) >= 11 is 5.93. The third-order valence-corrected chi connectivity index (χ3v) is 4.11. The third kappa shape index (κ3) is 4.77. The number of hydrogen-bond acceptors (Lipinski definition) is 3. The number of ether oxygens (including phenoxy) is 1. The minimum absolute atomic E-state index is 0. The monoisotopic (exact) mass is 346 g/mol. The summed E-state index contributed by atoms with van der Waals surface area (Å²) < 4.78 is 5.80. The summed E-state index contributed by atoms with van der Waals surface area (Å²) in [5.41, 5.74) is 0.941. The van der Waals surface area contributed by atoms with Crippen molar-refractivity contribution in [3.63, 3.8) is 0 Å². The molecule has 124 valence electrons. The van der Waals surface area contributed by atoms with Gasteiger partial charge in [0.05, 0.1) is 0 Å². The molecule has 2 rings (SSSR count). The minimum Gasteiger partial charge on any atom is -0.481 e. The summed E-state index contributed by atoms with van der Waals surface area (Å²) in [5.74, 6) is 1.32. The van der Waals surface area contributed by atoms with Crippen LogP contribution in [-0.2, 0) is 4.79 Å². The highest BCUT2D eigenvalue weighted by Gasteiger charge is 2.29. The fourth-order valence-corrected chi connectivity index (χ4v) is 2.96. The van der Waals surface area contributed by atoms with Crippen LogP contribution in [0.3, 0.4) is 0 Å². The van der Waals surface area contributed by atoms with Gasteiger partial charge in [-0.3, -0.25) is 4.79 Å². The lowest BCUT2D eigenvalue weighted by Crippen LogP contribution is -2.39. The summed E-state index contributed by atoms with van der Waals surface area (Å²) in [4.78, 5) is 14.3. The molecule has 1 saturated heterocycles. The second kappa shape index (κ2) is 8.61. The molecule has 1 aliphatic heterocycles. The normalized spacial score (nSPS) is 18.7. The van der Waals surface area contributed by atoms with E-state index in [4.69, 9.17) is 16.3 Å². The number of likely N-dealkylation sites (tertiary alicyclic amines) is 1. The van der Waals surface area contributed by atoms with Gasteiger partial charge < -0.3 is 15.0 Å². The van der Waals surface area contributed by atoms with Crippen molar-refractivity contribution in [1.82, 2.24) is 10.2 Å². The number of carbonyl (C=O) groups is 1. The van der Waals surface area contributed by atoms with Crippen LogP contribution in [0.15, 0.2) is 18.2 Å². The van der Waals surface area contributed by atoms with Gasteiger partial charge in [0.15, 0.2) is 6.10 Å². The highest BCUT2D eigenvalue weighted by atomic mass is 35.5. The molecule has 22 heavy (non-hydrogen) atoms. The summed E-state index contributed by atoms with van der Waals surface area (Å²) in [6.07, 6.45) is 0.581. The number of amides is 1. The van der Waals surface area contributed by atoms with E-state index in [1.54, 1.807) is 6.07 Å². The fraction of sp³-hybridized carbons (Fsp3) is 0.562. The number of benzene rings is 1. The molecule has 4 nitrogen and oxygen atoms in total. The van der Waals surface area contributed by atoms with E-state index >= 15 is 0 Å². The Morgan fingerprint density at radius 1 is 1.55 bits per heavy atom. The maximum atomic E-state index is 12.4. The zero-order chi connectivity index (χ0) is 15.4. The van der Waals surface area contributed by atoms with E-state index < -0.39 is 6.10 Å². The maximum Gasteiger partial charge on any atom is 0.263 e. The first-order valence-electron chi connectivity index (χ1n) is 7.37. The average molecular weight is 347 g/mol. The van der Waals surface area contributed by atoms with Crippen LogP contribution in [0.5, 0.6) is 5.75 Å². The van der Waals surface area contributed by atoms with Gasteiger partial charge in [0, 0.05) is 18.1 Å². The molecule has 0 radical (unpaired) electrons. The molecule has 0 aliphatic carbocycles. The predicted octanol–water partition coefficient (Wildman–Crippen LogP) is 2.91. The van der Waals surface area contributed by atoms with Crippen LogP contribution in [0.1, 0.15) is 18.9 Å². The molecule has 0 spiro atoms. The predicted molar refractivity (Wildman–Crippen MR) is 92.1 cm³/mol. The Morgan fingerprint density at radius 3 is 2.91 bits per heavy atom. The molecule has 1 heterocycles. The molecular formula is C16H24Cl2N2O2. The van der Waals surface area contributed by atoms with Gasteiger partial charge in [-0.05, 0) is 63.5 Å². The van der Waals surface area contributed by atoms with E-state index in [9.17, 15) is 4.79 Å². The topological polar surface area (TPSA) is 41.6 Å². The van der Waals surface area contributed by atoms with Crippen molar-refractivity contribution in [2.75, 3.05) is 26.7 Å². The molecular weight excluding hydrogens is 323 g/mol. The van der Waals surface area contributed by atoms with Crippen molar-refractivity contribution >= 4 is 29.9 Å². The van der Waals surface area contributed by atoms with E-state index in [2.05, 4.69) is 5.32 Å². The quantitative estimate of drug-likeness (QED) is 0.891. The van der Waals surface area contributed by atoms with Gasteiger partial charge in [0.1, 0.15) is 5.75 Å². The molecule has 1 aromatic rings. The van der Waals surface area contributed by atoms with Gasteiger partial charge in [0.25, 0.3) is 5.91 Å². The smallest absolute Gasteiger partial charge is 0.263 e. The lowest BCUT2D eigenvalue weighted by molar-refractivity contribution is -0.137. The van der Waals surface area contributed by atoms with Crippen molar-refractivity contribution in [3.05, 3.63) is 28.8 Å². The number of rotatable bonds is 5. The Bertz CT molecular complexity index is 511. The molecule has 2 atom stereocenters. The molecule has 0 saturated carbocycles. The van der Waals surface area contributed by atoms with Gasteiger partial charge in [-0.1, -0.05) is 11.6 Å². The van der Waals surface area contributed by atoms with Crippen molar-refractivity contribution in [2.24, 2.45) is 5.92 Å². The number of aryl methyl sites for hydroxylation is 1. The number of hydrogen-bond donors (Lipinski definition) is 1. The first-order chi connectivity index (χ1) is 10.0. The molecule has 0 aromatic heterocycles. The van der Waals surface area contributed by atoms with Gasteiger partial charge >= 0.3 is 0 Å². The minimum atomic E-state index is -0.474. The van der Waals surface area contributed by atoms with E-state index in [0.717, 1.165) is 31.6 Å². The Balaban J connectivity index is 0.00000242. The second-order valence-corrected chi connectivity index (χ2v) is 6.10.